The van der Waals surface area contributed by atoms with E-state index in [0.29, 0.717) is 0 Å². The third kappa shape index (κ3) is 1.52. The van der Waals surface area contributed by atoms with Gasteiger partial charge >= 0.3 is 0 Å². The Labute approximate surface area is 76.9 Å². The molecule has 1 aromatic heterocycles. The lowest BCUT2D eigenvalue weighted by Crippen LogP contribution is -1.88. The summed E-state index contributed by atoms with van der Waals surface area (Å²) in [6, 6.07) is 0. The van der Waals surface area contributed by atoms with Gasteiger partial charge in [-0.1, -0.05) is 12.2 Å². The van der Waals surface area contributed by atoms with Crippen molar-refractivity contribution in [2.24, 2.45) is 0 Å². The lowest BCUT2D eigenvalue weighted by Gasteiger charge is -2.05. The van der Waals surface area contributed by atoms with Gasteiger partial charge in [-0.25, -0.2) is 0 Å². The van der Waals surface area contributed by atoms with E-state index in [2.05, 4.69) is 27.7 Å². The Morgan fingerprint density at radius 3 is 2.00 bits per heavy atom. The maximum Gasteiger partial charge on any atom is 0.0933 e. The van der Waals surface area contributed by atoms with Gasteiger partial charge in [0.15, 0.2) is 0 Å². The fourth-order valence-corrected chi connectivity index (χ4v) is 2.41. The van der Waals surface area contributed by atoms with Crippen LogP contribution in [0.5, 0.6) is 0 Å². The molecule has 0 bridgehead atoms. The van der Waals surface area contributed by atoms with Gasteiger partial charge in [0.1, 0.15) is 0 Å². The molecule has 0 saturated heterocycles. The highest BCUT2D eigenvalue weighted by molar-refractivity contribution is 7.73. The third-order valence-electron chi connectivity index (χ3n) is 2.21. The van der Waals surface area contributed by atoms with Crippen LogP contribution >= 0.6 is 23.6 Å². The Hall–Kier alpha value is -0.210. The van der Waals surface area contributed by atoms with Gasteiger partial charge in [-0.3, -0.25) is 0 Å². The predicted molar refractivity (Wildman–Crippen MR) is 54.1 cm³/mol. The summed E-state index contributed by atoms with van der Waals surface area (Å²) in [5.74, 6) is 0. The van der Waals surface area contributed by atoms with Crippen molar-refractivity contribution in [2.45, 2.75) is 27.7 Å². The lowest BCUT2D eigenvalue weighted by atomic mass is 10.1. The minimum atomic E-state index is 1.03. The highest BCUT2D eigenvalue weighted by Crippen LogP contribution is 2.22. The van der Waals surface area contributed by atoms with E-state index in [9.17, 15) is 0 Å². The van der Waals surface area contributed by atoms with Crippen LogP contribution in [0.1, 0.15) is 21.6 Å². The first-order chi connectivity index (χ1) is 5.04. The quantitative estimate of drug-likeness (QED) is 0.554. The molecule has 0 radical (unpaired) electrons. The summed E-state index contributed by atoms with van der Waals surface area (Å²) in [5, 5.41) is 0. The number of aryl methyl sites for hydroxylation is 1. The summed E-state index contributed by atoms with van der Waals surface area (Å²) in [6.45, 7) is 8.52. The molecule has 0 spiro atoms. The van der Waals surface area contributed by atoms with Crippen LogP contribution in [0.15, 0.2) is 0 Å². The molecule has 1 aromatic rings. The zero-order valence-electron chi connectivity index (χ0n) is 7.32. The topological polar surface area (TPSA) is 0 Å². The average molecular weight is 184 g/mol. The minimum absolute atomic E-state index is 1.03. The maximum absolute atomic E-state index is 5.21. The summed E-state index contributed by atoms with van der Waals surface area (Å²) in [7, 11) is 0. The molecule has 0 nitrogen and oxygen atoms in total. The second-order valence-electron chi connectivity index (χ2n) is 2.82. The van der Waals surface area contributed by atoms with E-state index < -0.39 is 0 Å². The molecule has 0 fully saturated rings. The van der Waals surface area contributed by atoms with Crippen LogP contribution in [0, 0.1) is 31.5 Å². The molecule has 0 aromatic carbocycles. The van der Waals surface area contributed by atoms with Gasteiger partial charge in [0.25, 0.3) is 0 Å². The van der Waals surface area contributed by atoms with Crippen LogP contribution in [-0.2, 0) is 0 Å². The lowest BCUT2D eigenvalue weighted by molar-refractivity contribution is 1.26. The molecule has 0 atom stereocenters. The molecule has 0 amide bonds. The molecule has 1 heterocycles. The van der Waals surface area contributed by atoms with E-state index in [-0.39, 0.29) is 0 Å². The van der Waals surface area contributed by atoms with Crippen LogP contribution in [-0.4, -0.2) is 0 Å². The van der Waals surface area contributed by atoms with E-state index in [1.807, 2.05) is 0 Å². The van der Waals surface area contributed by atoms with E-state index in [1.165, 1.54) is 21.6 Å². The van der Waals surface area contributed by atoms with E-state index >= 15 is 0 Å². The van der Waals surface area contributed by atoms with Gasteiger partial charge in [0.2, 0.25) is 0 Å². The summed E-state index contributed by atoms with van der Waals surface area (Å²) in [4.78, 5) is 1.35. The smallest absolute Gasteiger partial charge is 0.0933 e. The Kier molecular flexibility index (Phi) is 2.45. The molecular weight excluding hydrogens is 172 g/mol. The van der Waals surface area contributed by atoms with Crippen molar-refractivity contribution < 1.29 is 0 Å². The number of hydrogen-bond acceptors (Lipinski definition) is 2. The molecule has 0 aliphatic rings. The van der Waals surface area contributed by atoms with Crippen LogP contribution in [0.4, 0.5) is 0 Å². The van der Waals surface area contributed by atoms with Crippen molar-refractivity contribution in [3.63, 3.8) is 0 Å². The molecule has 0 saturated carbocycles. The maximum atomic E-state index is 5.21. The van der Waals surface area contributed by atoms with Gasteiger partial charge in [0, 0.05) is 4.88 Å². The van der Waals surface area contributed by atoms with E-state index in [1.54, 1.807) is 11.3 Å². The van der Waals surface area contributed by atoms with Gasteiger partial charge in [-0.2, -0.15) is 0 Å². The molecule has 11 heavy (non-hydrogen) atoms. The zero-order valence-corrected chi connectivity index (χ0v) is 8.95. The summed E-state index contributed by atoms with van der Waals surface area (Å²) in [5.41, 5.74) is 4.01. The Balaban J connectivity index is 3.59. The van der Waals surface area contributed by atoms with Crippen molar-refractivity contribution in [3.05, 3.63) is 25.4 Å². The molecule has 1 rings (SSSR count). The van der Waals surface area contributed by atoms with Crippen molar-refractivity contribution >= 4 is 23.6 Å². The van der Waals surface area contributed by atoms with Gasteiger partial charge in [0.05, 0.1) is 3.82 Å². The average Bonchev–Trinajstić information content (AvgIpc) is 1.97. The van der Waals surface area contributed by atoms with Gasteiger partial charge in [-0.05, 0) is 44.4 Å². The highest BCUT2D eigenvalue weighted by Gasteiger charge is 2.01. The first-order valence-electron chi connectivity index (χ1n) is 3.61. The number of hydrogen-bond donors (Lipinski definition) is 0. The molecular formula is C9H12S2. The fourth-order valence-electron chi connectivity index (χ4n) is 0.991. The standard InChI is InChI=1S/C9H12S2/c1-5-6(2)8(4)11-9(10)7(5)3/h1-4H3. The zero-order chi connectivity index (χ0) is 8.59. The second-order valence-corrected chi connectivity index (χ2v) is 4.71. The SMILES string of the molecule is Cc1sc(=S)c(C)c(C)c1C. The second kappa shape index (κ2) is 3.03. The monoisotopic (exact) mass is 184 g/mol. The molecule has 0 N–H and O–H groups in total. The van der Waals surface area contributed by atoms with Gasteiger partial charge in [-0.15, -0.1) is 11.3 Å². The van der Waals surface area contributed by atoms with Gasteiger partial charge < -0.3 is 0 Å². The van der Waals surface area contributed by atoms with Crippen LogP contribution in [0.2, 0.25) is 0 Å². The molecule has 60 valence electrons. The van der Waals surface area contributed by atoms with Crippen molar-refractivity contribution in [1.29, 1.82) is 0 Å². The normalized spacial score (nSPS) is 10.2. The molecule has 2 heteroatoms. The Morgan fingerprint density at radius 2 is 1.45 bits per heavy atom. The molecule has 0 unspecified atom stereocenters. The summed E-state index contributed by atoms with van der Waals surface area (Å²) in [6.07, 6.45) is 0. The first kappa shape index (κ1) is 8.88. The van der Waals surface area contributed by atoms with Crippen molar-refractivity contribution in [1.82, 2.24) is 0 Å². The number of rotatable bonds is 0. The first-order valence-corrected chi connectivity index (χ1v) is 4.84. The third-order valence-corrected chi connectivity index (χ3v) is 3.87. The summed E-state index contributed by atoms with van der Waals surface area (Å²) < 4.78 is 1.03. The van der Waals surface area contributed by atoms with E-state index in [0.717, 1.165) is 3.82 Å². The summed E-state index contributed by atoms with van der Waals surface area (Å²) >= 11 is 6.92. The van der Waals surface area contributed by atoms with E-state index in [4.69, 9.17) is 12.2 Å². The van der Waals surface area contributed by atoms with Crippen LogP contribution < -0.4 is 0 Å². The van der Waals surface area contributed by atoms with Crippen LogP contribution in [0.25, 0.3) is 0 Å². The van der Waals surface area contributed by atoms with Crippen LogP contribution in [0.3, 0.4) is 0 Å². The minimum Gasteiger partial charge on any atom is -0.129 e. The molecule has 0 aliphatic heterocycles. The van der Waals surface area contributed by atoms with Crippen molar-refractivity contribution in [3.8, 4) is 0 Å². The Morgan fingerprint density at radius 1 is 0.909 bits per heavy atom. The van der Waals surface area contributed by atoms with Crippen molar-refractivity contribution in [2.75, 3.05) is 0 Å². The fraction of sp³-hybridized carbons (Fsp3) is 0.444. The predicted octanol–water partition coefficient (Wildman–Crippen LogP) is 3.71. The molecule has 0 aliphatic carbocycles. The highest BCUT2D eigenvalue weighted by atomic mass is 32.1. The Bertz CT molecular complexity index is 334. The largest absolute Gasteiger partial charge is 0.129 e.